The third kappa shape index (κ3) is 3.23. The standard InChI is InChI=1S/C16H26N2O2/c1-4-7-18-13(3)10-15(19)16(20)14(18)11-17-8-5-12(2)6-9-17/h10,12,20H,4-9,11H2,1-3H3. The molecule has 1 aromatic heterocycles. The van der Waals surface area contributed by atoms with Crippen molar-refractivity contribution in [2.24, 2.45) is 5.92 Å². The van der Waals surface area contributed by atoms with E-state index in [9.17, 15) is 9.90 Å². The van der Waals surface area contributed by atoms with Crippen LogP contribution in [0.2, 0.25) is 0 Å². The van der Waals surface area contributed by atoms with Gasteiger partial charge in [0.25, 0.3) is 0 Å². The summed E-state index contributed by atoms with van der Waals surface area (Å²) >= 11 is 0. The van der Waals surface area contributed by atoms with Crippen molar-refractivity contribution < 1.29 is 5.11 Å². The largest absolute Gasteiger partial charge is 0.503 e. The van der Waals surface area contributed by atoms with Crippen molar-refractivity contribution in [3.05, 3.63) is 27.7 Å². The summed E-state index contributed by atoms with van der Waals surface area (Å²) in [6, 6.07) is 1.53. The zero-order chi connectivity index (χ0) is 14.7. The lowest BCUT2D eigenvalue weighted by molar-refractivity contribution is 0.178. The van der Waals surface area contributed by atoms with E-state index in [4.69, 9.17) is 0 Å². The van der Waals surface area contributed by atoms with Crippen LogP contribution >= 0.6 is 0 Å². The van der Waals surface area contributed by atoms with E-state index in [0.717, 1.165) is 43.4 Å². The molecule has 112 valence electrons. The third-order valence-electron chi connectivity index (χ3n) is 4.30. The molecule has 0 atom stereocenters. The zero-order valence-corrected chi connectivity index (χ0v) is 12.9. The Morgan fingerprint density at radius 3 is 2.60 bits per heavy atom. The van der Waals surface area contributed by atoms with Crippen molar-refractivity contribution in [2.75, 3.05) is 13.1 Å². The van der Waals surface area contributed by atoms with Gasteiger partial charge in [-0.2, -0.15) is 0 Å². The van der Waals surface area contributed by atoms with Gasteiger partial charge in [0.15, 0.2) is 5.75 Å². The first kappa shape index (κ1) is 15.1. The van der Waals surface area contributed by atoms with Crippen molar-refractivity contribution in [3.8, 4) is 5.75 Å². The Bertz CT molecular complexity index is 514. The monoisotopic (exact) mass is 278 g/mol. The summed E-state index contributed by atoms with van der Waals surface area (Å²) in [6.45, 7) is 9.96. The van der Waals surface area contributed by atoms with Crippen LogP contribution < -0.4 is 5.43 Å². The van der Waals surface area contributed by atoms with E-state index in [-0.39, 0.29) is 11.2 Å². The molecule has 0 amide bonds. The molecular formula is C16H26N2O2. The summed E-state index contributed by atoms with van der Waals surface area (Å²) in [6.07, 6.45) is 3.39. The first-order chi connectivity index (χ1) is 9.52. The van der Waals surface area contributed by atoms with Crippen LogP contribution in [0, 0.1) is 12.8 Å². The van der Waals surface area contributed by atoms with Crippen LogP contribution in [0.25, 0.3) is 0 Å². The first-order valence-electron chi connectivity index (χ1n) is 7.67. The van der Waals surface area contributed by atoms with Crippen LogP contribution in [0.3, 0.4) is 0 Å². The molecule has 1 N–H and O–H groups in total. The minimum absolute atomic E-state index is 0.0670. The summed E-state index contributed by atoms with van der Waals surface area (Å²) in [5, 5.41) is 10.2. The smallest absolute Gasteiger partial charge is 0.223 e. The lowest BCUT2D eigenvalue weighted by atomic mass is 9.99. The number of hydrogen-bond acceptors (Lipinski definition) is 3. The van der Waals surface area contributed by atoms with Gasteiger partial charge in [0.2, 0.25) is 5.43 Å². The van der Waals surface area contributed by atoms with Gasteiger partial charge in [0.1, 0.15) is 0 Å². The molecule has 1 fully saturated rings. The van der Waals surface area contributed by atoms with E-state index >= 15 is 0 Å². The molecule has 1 aromatic rings. The van der Waals surface area contributed by atoms with Crippen LogP contribution in [-0.4, -0.2) is 27.7 Å². The number of aromatic nitrogens is 1. The number of pyridine rings is 1. The molecule has 0 aliphatic carbocycles. The molecule has 0 radical (unpaired) electrons. The van der Waals surface area contributed by atoms with Gasteiger partial charge in [0.05, 0.1) is 5.69 Å². The van der Waals surface area contributed by atoms with Crippen LogP contribution in [0.4, 0.5) is 0 Å². The fraction of sp³-hybridized carbons (Fsp3) is 0.688. The molecule has 4 nitrogen and oxygen atoms in total. The number of nitrogens with zero attached hydrogens (tertiary/aromatic N) is 2. The Balaban J connectivity index is 2.27. The molecule has 0 spiro atoms. The van der Waals surface area contributed by atoms with Gasteiger partial charge < -0.3 is 9.67 Å². The van der Waals surface area contributed by atoms with Crippen molar-refractivity contribution >= 4 is 0 Å². The Kier molecular flexibility index (Phi) is 4.86. The number of piperidine rings is 1. The first-order valence-corrected chi connectivity index (χ1v) is 7.67. The highest BCUT2D eigenvalue weighted by Gasteiger charge is 2.20. The molecule has 0 bridgehead atoms. The predicted octanol–water partition coefficient (Wildman–Crippen LogP) is 2.50. The van der Waals surface area contributed by atoms with Crippen molar-refractivity contribution in [1.82, 2.24) is 9.47 Å². The molecule has 0 aromatic carbocycles. The molecule has 2 rings (SSSR count). The highest BCUT2D eigenvalue weighted by Crippen LogP contribution is 2.22. The van der Waals surface area contributed by atoms with Gasteiger partial charge in [-0.15, -0.1) is 0 Å². The quantitative estimate of drug-likeness (QED) is 0.920. The second kappa shape index (κ2) is 6.44. The summed E-state index contributed by atoms with van der Waals surface area (Å²) < 4.78 is 2.09. The summed E-state index contributed by atoms with van der Waals surface area (Å²) in [5.74, 6) is 0.720. The maximum Gasteiger partial charge on any atom is 0.223 e. The van der Waals surface area contributed by atoms with Gasteiger partial charge in [0, 0.05) is 24.8 Å². The van der Waals surface area contributed by atoms with Crippen LogP contribution in [0.5, 0.6) is 5.75 Å². The third-order valence-corrected chi connectivity index (χ3v) is 4.30. The van der Waals surface area contributed by atoms with Crippen molar-refractivity contribution in [3.63, 3.8) is 0 Å². The number of aryl methyl sites for hydroxylation is 1. The summed E-state index contributed by atoms with van der Waals surface area (Å²) in [7, 11) is 0. The van der Waals surface area contributed by atoms with Crippen molar-refractivity contribution in [2.45, 2.75) is 53.1 Å². The van der Waals surface area contributed by atoms with E-state index in [1.54, 1.807) is 0 Å². The van der Waals surface area contributed by atoms with Gasteiger partial charge >= 0.3 is 0 Å². The molecule has 2 heterocycles. The van der Waals surface area contributed by atoms with E-state index in [2.05, 4.69) is 23.3 Å². The Morgan fingerprint density at radius 1 is 1.35 bits per heavy atom. The molecule has 1 saturated heterocycles. The average Bonchev–Trinajstić information content (AvgIpc) is 2.42. The van der Waals surface area contributed by atoms with Crippen LogP contribution in [0.1, 0.15) is 44.5 Å². The second-order valence-corrected chi connectivity index (χ2v) is 6.06. The fourth-order valence-corrected chi connectivity index (χ4v) is 2.95. The van der Waals surface area contributed by atoms with Crippen LogP contribution in [-0.2, 0) is 13.1 Å². The minimum atomic E-state index is -0.254. The maximum atomic E-state index is 11.8. The highest BCUT2D eigenvalue weighted by atomic mass is 16.3. The van der Waals surface area contributed by atoms with E-state index in [1.165, 1.54) is 18.9 Å². The second-order valence-electron chi connectivity index (χ2n) is 6.06. The average molecular weight is 278 g/mol. The van der Waals surface area contributed by atoms with Crippen molar-refractivity contribution in [1.29, 1.82) is 0 Å². The van der Waals surface area contributed by atoms with Gasteiger partial charge in [-0.05, 0) is 45.2 Å². The lowest BCUT2D eigenvalue weighted by Crippen LogP contribution is -2.34. The Morgan fingerprint density at radius 2 is 2.00 bits per heavy atom. The number of aromatic hydroxyl groups is 1. The topological polar surface area (TPSA) is 45.5 Å². The Hall–Kier alpha value is -1.29. The molecule has 1 aliphatic heterocycles. The van der Waals surface area contributed by atoms with E-state index < -0.39 is 0 Å². The number of likely N-dealkylation sites (tertiary alicyclic amines) is 1. The molecule has 0 saturated carbocycles. The van der Waals surface area contributed by atoms with E-state index in [0.29, 0.717) is 6.54 Å². The lowest BCUT2D eigenvalue weighted by Gasteiger charge is -2.31. The molecule has 4 heteroatoms. The predicted molar refractivity (Wildman–Crippen MR) is 81.1 cm³/mol. The maximum absolute atomic E-state index is 11.8. The van der Waals surface area contributed by atoms with Crippen LogP contribution in [0.15, 0.2) is 10.9 Å². The Labute approximate surface area is 121 Å². The zero-order valence-electron chi connectivity index (χ0n) is 12.9. The normalized spacial score (nSPS) is 17.6. The molecular weight excluding hydrogens is 252 g/mol. The number of rotatable bonds is 4. The molecule has 1 aliphatic rings. The van der Waals surface area contributed by atoms with Gasteiger partial charge in [-0.25, -0.2) is 0 Å². The van der Waals surface area contributed by atoms with Gasteiger partial charge in [-0.3, -0.25) is 9.69 Å². The summed E-state index contributed by atoms with van der Waals surface area (Å²) in [5.41, 5.74) is 1.47. The number of hydrogen-bond donors (Lipinski definition) is 1. The molecule has 0 unspecified atom stereocenters. The SMILES string of the molecule is CCCn1c(C)cc(=O)c(O)c1CN1CCC(C)CC1. The minimum Gasteiger partial charge on any atom is -0.503 e. The highest BCUT2D eigenvalue weighted by molar-refractivity contribution is 5.29. The fourth-order valence-electron chi connectivity index (χ4n) is 2.95. The van der Waals surface area contributed by atoms with E-state index in [1.807, 2.05) is 6.92 Å². The molecule has 20 heavy (non-hydrogen) atoms. The summed E-state index contributed by atoms with van der Waals surface area (Å²) in [4.78, 5) is 14.2. The van der Waals surface area contributed by atoms with Gasteiger partial charge in [-0.1, -0.05) is 13.8 Å².